The monoisotopic (exact) mass is 404 g/mol. The normalized spacial score (nSPS) is 11.0. The Morgan fingerprint density at radius 3 is 2.43 bits per heavy atom. The fourth-order valence-corrected chi connectivity index (χ4v) is 3.03. The van der Waals surface area contributed by atoms with Gasteiger partial charge in [0.25, 0.3) is 6.47 Å². The average molecular weight is 404 g/mol. The van der Waals surface area contributed by atoms with E-state index < -0.39 is 10.2 Å². The molecule has 3 rings (SSSR count). The van der Waals surface area contributed by atoms with Crippen molar-refractivity contribution in [2.75, 3.05) is 18.8 Å². The fourth-order valence-electron chi connectivity index (χ4n) is 2.42. The highest BCUT2D eigenvalue weighted by Gasteiger charge is 2.14. The van der Waals surface area contributed by atoms with Crippen LogP contribution in [0.3, 0.4) is 0 Å². The van der Waals surface area contributed by atoms with E-state index in [4.69, 9.17) is 9.90 Å². The fraction of sp³-hybridized carbons (Fsp3) is 0.167. The highest BCUT2D eigenvalue weighted by atomic mass is 32.2. The van der Waals surface area contributed by atoms with Crippen LogP contribution in [-0.4, -0.2) is 48.4 Å². The second-order valence-corrected chi connectivity index (χ2v) is 7.88. The lowest BCUT2D eigenvalue weighted by atomic mass is 10.1. The summed E-state index contributed by atoms with van der Waals surface area (Å²) in [5, 5.41) is 7.82. The second-order valence-electron chi connectivity index (χ2n) is 5.99. The Kier molecular flexibility index (Phi) is 6.49. The smallest absolute Gasteiger partial charge is 0.301 e. The first kappa shape index (κ1) is 21.1. The van der Waals surface area contributed by atoms with Gasteiger partial charge in [0.15, 0.2) is 0 Å². The van der Waals surface area contributed by atoms with Gasteiger partial charge in [-0.2, -0.15) is 12.7 Å². The van der Waals surface area contributed by atoms with Gasteiger partial charge in [-0.3, -0.25) is 14.3 Å². The average Bonchev–Trinajstić information content (AvgIpc) is 2.62. The molecule has 0 saturated carbocycles. The van der Waals surface area contributed by atoms with E-state index in [1.807, 2.05) is 19.1 Å². The first-order valence-corrected chi connectivity index (χ1v) is 9.50. The molecule has 0 radical (unpaired) electrons. The van der Waals surface area contributed by atoms with E-state index in [1.165, 1.54) is 20.2 Å². The third-order valence-electron chi connectivity index (χ3n) is 3.82. The molecule has 148 valence electrons. The van der Waals surface area contributed by atoms with Crippen molar-refractivity contribution in [2.45, 2.75) is 6.92 Å². The van der Waals surface area contributed by atoms with E-state index in [9.17, 15) is 13.2 Å². The molecule has 0 unspecified atom stereocenters. The zero-order valence-electron chi connectivity index (χ0n) is 15.5. The Bertz CT molecular complexity index is 1140. The molecule has 3 N–H and O–H groups in total. The molecular weight excluding hydrogens is 384 g/mol. The van der Waals surface area contributed by atoms with Crippen LogP contribution in [0.25, 0.3) is 22.2 Å². The molecule has 1 aromatic carbocycles. The number of hydrogen-bond acceptors (Lipinski definition) is 5. The molecule has 0 aliphatic rings. The third kappa shape index (κ3) is 4.93. The number of rotatable bonds is 4. The Morgan fingerprint density at radius 2 is 1.86 bits per heavy atom. The van der Waals surface area contributed by atoms with Crippen LogP contribution in [-0.2, 0) is 15.0 Å². The number of benzene rings is 1. The number of H-pyrrole nitrogens is 1. The molecule has 0 aliphatic carbocycles. The minimum atomic E-state index is -3.58. The van der Waals surface area contributed by atoms with E-state index >= 15 is 0 Å². The lowest BCUT2D eigenvalue weighted by Gasteiger charge is -2.14. The molecule has 0 aliphatic heterocycles. The number of anilines is 1. The van der Waals surface area contributed by atoms with Gasteiger partial charge < -0.3 is 10.1 Å². The van der Waals surface area contributed by atoms with Crippen molar-refractivity contribution < 1.29 is 18.3 Å². The largest absolute Gasteiger partial charge is 0.483 e. The van der Waals surface area contributed by atoms with Crippen molar-refractivity contribution in [3.8, 4) is 11.3 Å². The summed E-state index contributed by atoms with van der Waals surface area (Å²) >= 11 is 0. The molecule has 0 amide bonds. The standard InChI is InChI=1S/C17H18N4O3S.CH2O2/c1-11-8-15(12-4-7-17(22)18-10-12)19-16-9-13(5-6-14(11)16)20-25(23,24)21(2)3;2-1-3/h4-10,20H,1-3H3,(H,18,22);1H,(H,2,3). The zero-order valence-corrected chi connectivity index (χ0v) is 16.3. The molecule has 0 saturated heterocycles. The van der Waals surface area contributed by atoms with E-state index in [2.05, 4.69) is 14.7 Å². The highest BCUT2D eigenvalue weighted by Crippen LogP contribution is 2.26. The molecular formula is C18H20N4O5S. The van der Waals surface area contributed by atoms with Gasteiger partial charge in [-0.15, -0.1) is 0 Å². The predicted octanol–water partition coefficient (Wildman–Crippen LogP) is 1.82. The molecule has 0 spiro atoms. The summed E-state index contributed by atoms with van der Waals surface area (Å²) in [4.78, 5) is 26.8. The molecule has 2 heterocycles. The molecule has 10 heteroatoms. The SMILES string of the molecule is Cc1cc(-c2ccc(=O)[nH]c2)nc2cc(NS(=O)(=O)N(C)C)ccc12.O=CO. The van der Waals surface area contributed by atoms with E-state index in [0.29, 0.717) is 16.9 Å². The summed E-state index contributed by atoms with van der Waals surface area (Å²) in [6.07, 6.45) is 1.61. The summed E-state index contributed by atoms with van der Waals surface area (Å²) in [5.74, 6) is 0. The number of carbonyl (C=O) groups is 1. The Labute approximate surface area is 161 Å². The number of pyridine rings is 2. The maximum Gasteiger partial charge on any atom is 0.301 e. The van der Waals surface area contributed by atoms with Crippen molar-refractivity contribution >= 4 is 33.3 Å². The molecule has 0 fully saturated rings. The van der Waals surface area contributed by atoms with Crippen LogP contribution in [0.15, 0.2) is 47.4 Å². The number of aromatic amines is 1. The van der Waals surface area contributed by atoms with Crippen molar-refractivity contribution in [1.29, 1.82) is 0 Å². The molecule has 0 bridgehead atoms. The molecule has 3 aromatic rings. The van der Waals surface area contributed by atoms with Gasteiger partial charge in [-0.1, -0.05) is 6.07 Å². The van der Waals surface area contributed by atoms with Crippen molar-refractivity contribution in [3.63, 3.8) is 0 Å². The third-order valence-corrected chi connectivity index (χ3v) is 5.28. The van der Waals surface area contributed by atoms with E-state index in [1.54, 1.807) is 24.4 Å². The van der Waals surface area contributed by atoms with Gasteiger partial charge in [-0.05, 0) is 36.8 Å². The number of nitrogens with zero attached hydrogens (tertiary/aromatic N) is 2. The van der Waals surface area contributed by atoms with Gasteiger partial charge in [0, 0.05) is 37.3 Å². The van der Waals surface area contributed by atoms with Crippen LogP contribution in [0.4, 0.5) is 5.69 Å². The minimum absolute atomic E-state index is 0.179. The van der Waals surface area contributed by atoms with Crippen molar-refractivity contribution in [2.24, 2.45) is 0 Å². The minimum Gasteiger partial charge on any atom is -0.483 e. The first-order chi connectivity index (χ1) is 13.2. The van der Waals surface area contributed by atoms with Gasteiger partial charge in [0.1, 0.15) is 0 Å². The summed E-state index contributed by atoms with van der Waals surface area (Å²) in [6.45, 7) is 1.71. The maximum absolute atomic E-state index is 12.0. The number of carboxylic acid groups (broad SMARTS) is 1. The van der Waals surface area contributed by atoms with Crippen LogP contribution in [0.1, 0.15) is 5.56 Å². The second kappa shape index (κ2) is 8.63. The van der Waals surface area contributed by atoms with Crippen molar-refractivity contribution in [3.05, 3.63) is 58.5 Å². The number of fused-ring (bicyclic) bond motifs is 1. The van der Waals surface area contributed by atoms with Gasteiger partial charge >= 0.3 is 10.2 Å². The van der Waals surface area contributed by atoms with Crippen molar-refractivity contribution in [1.82, 2.24) is 14.3 Å². The molecule has 9 nitrogen and oxygen atoms in total. The maximum atomic E-state index is 12.0. The predicted molar refractivity (Wildman–Crippen MR) is 107 cm³/mol. The van der Waals surface area contributed by atoms with E-state index in [-0.39, 0.29) is 12.0 Å². The zero-order chi connectivity index (χ0) is 20.9. The number of hydrogen-bond donors (Lipinski definition) is 3. The number of nitrogens with one attached hydrogen (secondary N) is 2. The highest BCUT2D eigenvalue weighted by molar-refractivity contribution is 7.90. The first-order valence-electron chi connectivity index (χ1n) is 8.06. The molecule has 0 atom stereocenters. The Hall–Kier alpha value is -3.24. The van der Waals surface area contributed by atoms with Crippen LogP contribution in [0, 0.1) is 6.92 Å². The van der Waals surface area contributed by atoms with E-state index in [0.717, 1.165) is 20.8 Å². The summed E-state index contributed by atoms with van der Waals surface area (Å²) in [6, 6.07) is 10.3. The van der Waals surface area contributed by atoms with Gasteiger partial charge in [0.2, 0.25) is 5.56 Å². The van der Waals surface area contributed by atoms with Crippen LogP contribution < -0.4 is 10.3 Å². The quantitative estimate of drug-likeness (QED) is 0.568. The number of aromatic nitrogens is 2. The summed E-state index contributed by atoms with van der Waals surface area (Å²) < 4.78 is 27.6. The van der Waals surface area contributed by atoms with Crippen LogP contribution in [0.5, 0.6) is 0 Å². The lowest BCUT2D eigenvalue weighted by Crippen LogP contribution is -2.28. The molecule has 28 heavy (non-hydrogen) atoms. The number of aryl methyl sites for hydroxylation is 1. The topological polar surface area (TPSA) is 132 Å². The Balaban J connectivity index is 0.000000878. The lowest BCUT2D eigenvalue weighted by molar-refractivity contribution is -0.122. The molecule has 2 aromatic heterocycles. The van der Waals surface area contributed by atoms with Crippen LogP contribution >= 0.6 is 0 Å². The Morgan fingerprint density at radius 1 is 1.18 bits per heavy atom. The van der Waals surface area contributed by atoms with Crippen LogP contribution in [0.2, 0.25) is 0 Å². The van der Waals surface area contributed by atoms with Gasteiger partial charge in [0.05, 0.1) is 16.9 Å². The summed E-state index contributed by atoms with van der Waals surface area (Å²) in [7, 11) is -0.664. The summed E-state index contributed by atoms with van der Waals surface area (Å²) in [5.41, 5.74) is 3.42. The van der Waals surface area contributed by atoms with Gasteiger partial charge in [-0.25, -0.2) is 4.98 Å².